The molecule has 0 bridgehead atoms. The Balaban J connectivity index is 1.91. The lowest BCUT2D eigenvalue weighted by Gasteiger charge is -2.06. The third kappa shape index (κ3) is 3.86. The molecule has 0 radical (unpaired) electrons. The van der Waals surface area contributed by atoms with Crippen LogP contribution < -0.4 is 4.74 Å². The van der Waals surface area contributed by atoms with E-state index >= 15 is 0 Å². The molecule has 0 spiro atoms. The summed E-state index contributed by atoms with van der Waals surface area (Å²) < 4.78 is 10.6. The molecule has 0 aliphatic heterocycles. The number of Topliss-reactive ketones (excluding diaryl/α,β-unsaturated/α-hetero) is 1. The number of ketones is 1. The van der Waals surface area contributed by atoms with Crippen molar-refractivity contribution in [1.29, 1.82) is 0 Å². The second kappa shape index (κ2) is 5.82. The van der Waals surface area contributed by atoms with Crippen molar-refractivity contribution in [1.82, 2.24) is 0 Å². The van der Waals surface area contributed by atoms with E-state index in [1.54, 1.807) is 7.11 Å². The molecule has 1 aromatic rings. The van der Waals surface area contributed by atoms with Crippen molar-refractivity contribution in [3.05, 3.63) is 29.8 Å². The van der Waals surface area contributed by atoms with E-state index in [1.165, 1.54) is 0 Å². The minimum atomic E-state index is 0.156. The quantitative estimate of drug-likeness (QED) is 0.537. The number of methoxy groups -OCH3 is 1. The predicted molar refractivity (Wildman–Crippen MR) is 65.5 cm³/mol. The van der Waals surface area contributed by atoms with Gasteiger partial charge in [-0.1, -0.05) is 12.1 Å². The van der Waals surface area contributed by atoms with Crippen molar-refractivity contribution in [3.8, 4) is 5.75 Å². The van der Waals surface area contributed by atoms with E-state index in [2.05, 4.69) is 0 Å². The molecule has 0 heterocycles. The first-order valence-electron chi connectivity index (χ1n) is 6.08. The molecule has 1 aromatic carbocycles. The van der Waals surface area contributed by atoms with Crippen LogP contribution in [0.1, 0.15) is 36.0 Å². The minimum absolute atomic E-state index is 0.156. The van der Waals surface area contributed by atoms with Crippen molar-refractivity contribution in [2.45, 2.75) is 31.8 Å². The van der Waals surface area contributed by atoms with Crippen molar-refractivity contribution in [3.63, 3.8) is 0 Å². The third-order valence-corrected chi connectivity index (χ3v) is 2.74. The number of benzene rings is 1. The van der Waals surface area contributed by atoms with Gasteiger partial charge in [0.2, 0.25) is 0 Å². The van der Waals surface area contributed by atoms with E-state index < -0.39 is 0 Å². The van der Waals surface area contributed by atoms with Crippen LogP contribution in [0.25, 0.3) is 0 Å². The van der Waals surface area contributed by atoms with E-state index in [0.29, 0.717) is 19.1 Å². The highest BCUT2D eigenvalue weighted by Gasteiger charge is 2.23. The summed E-state index contributed by atoms with van der Waals surface area (Å²) in [7, 11) is 1.65. The van der Waals surface area contributed by atoms with Gasteiger partial charge in [0.15, 0.2) is 5.78 Å². The highest BCUT2D eigenvalue weighted by atomic mass is 16.5. The van der Waals surface area contributed by atoms with Crippen LogP contribution in [0.2, 0.25) is 0 Å². The first kappa shape index (κ1) is 12.1. The monoisotopic (exact) mass is 234 g/mol. The van der Waals surface area contributed by atoms with Gasteiger partial charge in [-0.05, 0) is 31.4 Å². The lowest BCUT2D eigenvalue weighted by Crippen LogP contribution is -2.02. The SMILES string of the molecule is COCCCC(=O)c1cccc(OC2CC2)c1. The zero-order valence-electron chi connectivity index (χ0n) is 10.1. The third-order valence-electron chi connectivity index (χ3n) is 2.74. The van der Waals surface area contributed by atoms with Crippen molar-refractivity contribution in [2.24, 2.45) is 0 Å². The summed E-state index contributed by atoms with van der Waals surface area (Å²) in [5, 5.41) is 0. The maximum absolute atomic E-state index is 11.9. The maximum atomic E-state index is 11.9. The molecule has 0 amide bonds. The Kier molecular flexibility index (Phi) is 4.15. The molecular formula is C14H18O3. The van der Waals surface area contributed by atoms with Gasteiger partial charge in [-0.3, -0.25) is 4.79 Å². The molecular weight excluding hydrogens is 216 g/mol. The van der Waals surface area contributed by atoms with Gasteiger partial charge >= 0.3 is 0 Å². The Bertz CT molecular complexity index is 383. The largest absolute Gasteiger partial charge is 0.490 e. The fourth-order valence-corrected chi connectivity index (χ4v) is 1.64. The molecule has 1 aliphatic rings. The second-order valence-electron chi connectivity index (χ2n) is 4.36. The second-order valence-corrected chi connectivity index (χ2v) is 4.36. The van der Waals surface area contributed by atoms with Gasteiger partial charge < -0.3 is 9.47 Å². The van der Waals surface area contributed by atoms with Crippen LogP contribution in [0.15, 0.2) is 24.3 Å². The molecule has 0 N–H and O–H groups in total. The number of ether oxygens (including phenoxy) is 2. The summed E-state index contributed by atoms with van der Waals surface area (Å²) >= 11 is 0. The molecule has 0 unspecified atom stereocenters. The highest BCUT2D eigenvalue weighted by Crippen LogP contribution is 2.27. The molecule has 0 atom stereocenters. The van der Waals surface area contributed by atoms with Gasteiger partial charge in [0, 0.05) is 25.7 Å². The van der Waals surface area contributed by atoms with Gasteiger partial charge in [0.05, 0.1) is 6.10 Å². The van der Waals surface area contributed by atoms with Crippen LogP contribution in [-0.4, -0.2) is 25.6 Å². The zero-order chi connectivity index (χ0) is 12.1. The molecule has 0 saturated heterocycles. The Morgan fingerprint density at radius 1 is 1.41 bits per heavy atom. The summed E-state index contributed by atoms with van der Waals surface area (Å²) in [6, 6.07) is 7.47. The minimum Gasteiger partial charge on any atom is -0.490 e. The molecule has 0 aromatic heterocycles. The number of carbonyl (C=O) groups excluding carboxylic acids is 1. The predicted octanol–water partition coefficient (Wildman–Crippen LogP) is 2.84. The van der Waals surface area contributed by atoms with Gasteiger partial charge in [0.1, 0.15) is 5.75 Å². The van der Waals surface area contributed by atoms with Crippen LogP contribution >= 0.6 is 0 Å². The lowest BCUT2D eigenvalue weighted by atomic mass is 10.1. The van der Waals surface area contributed by atoms with Crippen molar-refractivity contribution < 1.29 is 14.3 Å². The fourth-order valence-electron chi connectivity index (χ4n) is 1.64. The highest BCUT2D eigenvalue weighted by molar-refractivity contribution is 5.96. The molecule has 1 fully saturated rings. The molecule has 1 aliphatic carbocycles. The first-order chi connectivity index (χ1) is 8.29. The number of carbonyl (C=O) groups is 1. The van der Waals surface area contributed by atoms with Gasteiger partial charge in [-0.2, -0.15) is 0 Å². The van der Waals surface area contributed by atoms with Gasteiger partial charge in [-0.15, -0.1) is 0 Å². The molecule has 2 rings (SSSR count). The summed E-state index contributed by atoms with van der Waals surface area (Å²) in [4.78, 5) is 11.9. The van der Waals surface area contributed by atoms with E-state index in [4.69, 9.17) is 9.47 Å². The van der Waals surface area contributed by atoms with Crippen molar-refractivity contribution in [2.75, 3.05) is 13.7 Å². The molecule has 3 heteroatoms. The number of hydrogen-bond donors (Lipinski definition) is 0. The van der Waals surface area contributed by atoms with Crippen LogP contribution in [0.3, 0.4) is 0 Å². The van der Waals surface area contributed by atoms with Crippen molar-refractivity contribution >= 4 is 5.78 Å². The molecule has 1 saturated carbocycles. The molecule has 17 heavy (non-hydrogen) atoms. The topological polar surface area (TPSA) is 35.5 Å². The first-order valence-corrected chi connectivity index (χ1v) is 6.08. The number of hydrogen-bond acceptors (Lipinski definition) is 3. The van der Waals surface area contributed by atoms with E-state index in [-0.39, 0.29) is 5.78 Å². The summed E-state index contributed by atoms with van der Waals surface area (Å²) in [6.45, 7) is 0.629. The van der Waals surface area contributed by atoms with Crippen LogP contribution in [0.5, 0.6) is 5.75 Å². The van der Waals surface area contributed by atoms with Crippen LogP contribution in [0.4, 0.5) is 0 Å². The summed E-state index contributed by atoms with van der Waals surface area (Å²) in [5.74, 6) is 0.966. The summed E-state index contributed by atoms with van der Waals surface area (Å²) in [6.07, 6.45) is 3.93. The Morgan fingerprint density at radius 2 is 2.24 bits per heavy atom. The number of rotatable bonds is 7. The van der Waals surface area contributed by atoms with Crippen LogP contribution in [0, 0.1) is 0 Å². The average molecular weight is 234 g/mol. The van der Waals surface area contributed by atoms with E-state index in [9.17, 15) is 4.79 Å². The van der Waals surface area contributed by atoms with Crippen LogP contribution in [-0.2, 0) is 4.74 Å². The van der Waals surface area contributed by atoms with Gasteiger partial charge in [-0.25, -0.2) is 0 Å². The smallest absolute Gasteiger partial charge is 0.163 e. The normalized spacial score (nSPS) is 14.6. The Labute approximate surface area is 102 Å². The van der Waals surface area contributed by atoms with Gasteiger partial charge in [0.25, 0.3) is 0 Å². The molecule has 92 valence electrons. The van der Waals surface area contributed by atoms with E-state index in [0.717, 1.165) is 30.6 Å². The Hall–Kier alpha value is -1.35. The molecule has 3 nitrogen and oxygen atoms in total. The summed E-state index contributed by atoms with van der Waals surface area (Å²) in [5.41, 5.74) is 0.735. The lowest BCUT2D eigenvalue weighted by molar-refractivity contribution is 0.0963. The van der Waals surface area contributed by atoms with E-state index in [1.807, 2.05) is 24.3 Å². The average Bonchev–Trinajstić information content (AvgIpc) is 3.13. The Morgan fingerprint density at radius 3 is 2.94 bits per heavy atom. The fraction of sp³-hybridized carbons (Fsp3) is 0.500. The maximum Gasteiger partial charge on any atom is 0.163 e. The standard InChI is InChI=1S/C14H18O3/c1-16-9-3-6-14(15)11-4-2-5-13(10-11)17-12-7-8-12/h2,4-5,10,12H,3,6-9H2,1H3. The zero-order valence-corrected chi connectivity index (χ0v) is 10.1.